The van der Waals surface area contributed by atoms with Gasteiger partial charge in [0.2, 0.25) is 5.82 Å². The summed E-state index contributed by atoms with van der Waals surface area (Å²) in [6.07, 6.45) is 1.90. The second-order valence-electron chi connectivity index (χ2n) is 4.66. The molecule has 0 bridgehead atoms. The van der Waals surface area contributed by atoms with Crippen molar-refractivity contribution in [2.24, 2.45) is 0 Å². The number of hydrogen-bond donors (Lipinski definition) is 1. The van der Waals surface area contributed by atoms with Crippen LogP contribution in [0.25, 0.3) is 11.5 Å². The molecule has 2 heterocycles. The molecule has 1 aromatic heterocycles. The Hall–Kier alpha value is -1.88. The van der Waals surface area contributed by atoms with Gasteiger partial charge in [0, 0.05) is 12.2 Å². The van der Waals surface area contributed by atoms with Gasteiger partial charge in [0.05, 0.1) is 0 Å². The van der Waals surface area contributed by atoms with Crippen molar-refractivity contribution in [2.75, 3.05) is 6.61 Å². The summed E-state index contributed by atoms with van der Waals surface area (Å²) in [5.41, 5.74) is 0.258. The largest absolute Gasteiger partial charge is 0.508 e. The predicted molar refractivity (Wildman–Crippen MR) is 63.9 cm³/mol. The average Bonchev–Trinajstić information content (AvgIpc) is 2.98. The van der Waals surface area contributed by atoms with E-state index in [0.717, 1.165) is 19.4 Å². The molecule has 0 radical (unpaired) electrons. The lowest BCUT2D eigenvalue weighted by Gasteiger charge is -2.17. The van der Waals surface area contributed by atoms with Crippen LogP contribution in [0.1, 0.15) is 25.6 Å². The van der Waals surface area contributed by atoms with Crippen molar-refractivity contribution >= 4 is 0 Å². The summed E-state index contributed by atoms with van der Waals surface area (Å²) >= 11 is 0. The SMILES string of the molecule is CC1(c2noc(-c3cccc(O)c3)n2)CCCO1. The molecule has 0 spiro atoms. The van der Waals surface area contributed by atoms with Gasteiger partial charge in [0.1, 0.15) is 11.4 Å². The topological polar surface area (TPSA) is 68.4 Å². The number of nitrogens with zero attached hydrogens (tertiary/aromatic N) is 2. The van der Waals surface area contributed by atoms with Crippen molar-refractivity contribution in [2.45, 2.75) is 25.4 Å². The summed E-state index contributed by atoms with van der Waals surface area (Å²) in [6.45, 7) is 2.70. The van der Waals surface area contributed by atoms with Crippen molar-refractivity contribution in [1.82, 2.24) is 10.1 Å². The first-order chi connectivity index (χ1) is 8.67. The molecule has 18 heavy (non-hydrogen) atoms. The number of rotatable bonds is 2. The highest BCUT2D eigenvalue weighted by Crippen LogP contribution is 2.34. The fourth-order valence-electron chi connectivity index (χ4n) is 2.15. The van der Waals surface area contributed by atoms with E-state index in [0.29, 0.717) is 17.3 Å². The number of phenolic OH excluding ortho intramolecular Hbond substituents is 1. The van der Waals surface area contributed by atoms with Crippen LogP contribution in [-0.4, -0.2) is 21.9 Å². The van der Waals surface area contributed by atoms with E-state index in [1.54, 1.807) is 18.2 Å². The van der Waals surface area contributed by atoms with Gasteiger partial charge in [0.15, 0.2) is 0 Å². The molecule has 2 aromatic rings. The monoisotopic (exact) mass is 246 g/mol. The minimum atomic E-state index is -0.446. The molecule has 1 N–H and O–H groups in total. The lowest BCUT2D eigenvalue weighted by Crippen LogP contribution is -2.21. The zero-order valence-electron chi connectivity index (χ0n) is 10.1. The fourth-order valence-corrected chi connectivity index (χ4v) is 2.15. The Morgan fingerprint density at radius 3 is 3.00 bits per heavy atom. The third-order valence-electron chi connectivity index (χ3n) is 3.21. The summed E-state index contributed by atoms with van der Waals surface area (Å²) in [5.74, 6) is 1.14. The van der Waals surface area contributed by atoms with Crippen LogP contribution in [0, 0.1) is 0 Å². The Morgan fingerprint density at radius 2 is 2.28 bits per heavy atom. The summed E-state index contributed by atoms with van der Waals surface area (Å²) in [5, 5.41) is 13.4. The molecule has 0 amide bonds. The van der Waals surface area contributed by atoms with Crippen LogP contribution >= 0.6 is 0 Å². The molecular weight excluding hydrogens is 232 g/mol. The summed E-state index contributed by atoms with van der Waals surface area (Å²) in [7, 11) is 0. The van der Waals surface area contributed by atoms with Gasteiger partial charge < -0.3 is 14.4 Å². The molecule has 0 saturated carbocycles. The van der Waals surface area contributed by atoms with Crippen LogP contribution < -0.4 is 0 Å². The van der Waals surface area contributed by atoms with E-state index in [9.17, 15) is 5.11 Å². The highest BCUT2D eigenvalue weighted by atomic mass is 16.5. The van der Waals surface area contributed by atoms with Crippen LogP contribution in [0.5, 0.6) is 5.75 Å². The van der Waals surface area contributed by atoms with Crippen LogP contribution in [0.2, 0.25) is 0 Å². The highest BCUT2D eigenvalue weighted by molar-refractivity contribution is 5.55. The van der Waals surface area contributed by atoms with E-state index in [1.807, 2.05) is 13.0 Å². The molecule has 5 heteroatoms. The first kappa shape index (κ1) is 11.2. The van der Waals surface area contributed by atoms with Gasteiger partial charge in [-0.1, -0.05) is 11.2 Å². The van der Waals surface area contributed by atoms with Gasteiger partial charge in [0.25, 0.3) is 5.89 Å². The van der Waals surface area contributed by atoms with Crippen molar-refractivity contribution < 1.29 is 14.4 Å². The number of hydrogen-bond acceptors (Lipinski definition) is 5. The molecule has 1 unspecified atom stereocenters. The second kappa shape index (κ2) is 4.10. The first-order valence-electron chi connectivity index (χ1n) is 5.95. The van der Waals surface area contributed by atoms with E-state index >= 15 is 0 Å². The van der Waals surface area contributed by atoms with Crippen molar-refractivity contribution in [1.29, 1.82) is 0 Å². The summed E-state index contributed by atoms with van der Waals surface area (Å²) in [6, 6.07) is 6.74. The molecule has 94 valence electrons. The molecule has 1 atom stereocenters. The predicted octanol–water partition coefficient (Wildman–Crippen LogP) is 2.47. The van der Waals surface area contributed by atoms with Crippen LogP contribution in [0.15, 0.2) is 28.8 Å². The molecule has 1 aliphatic rings. The Bertz CT molecular complexity index is 559. The average molecular weight is 246 g/mol. The zero-order chi connectivity index (χ0) is 12.6. The Morgan fingerprint density at radius 1 is 1.39 bits per heavy atom. The number of ether oxygens (including phenoxy) is 1. The molecule has 1 fully saturated rings. The quantitative estimate of drug-likeness (QED) is 0.881. The minimum Gasteiger partial charge on any atom is -0.508 e. The van der Waals surface area contributed by atoms with Crippen LogP contribution in [0.3, 0.4) is 0 Å². The third kappa shape index (κ3) is 1.86. The van der Waals surface area contributed by atoms with Gasteiger partial charge in [-0.2, -0.15) is 4.98 Å². The molecule has 1 saturated heterocycles. The molecule has 3 rings (SSSR count). The first-order valence-corrected chi connectivity index (χ1v) is 5.95. The molecule has 1 aromatic carbocycles. The number of phenols is 1. The summed E-state index contributed by atoms with van der Waals surface area (Å²) in [4.78, 5) is 4.36. The highest BCUT2D eigenvalue weighted by Gasteiger charge is 2.36. The second-order valence-corrected chi connectivity index (χ2v) is 4.66. The van der Waals surface area contributed by atoms with Gasteiger partial charge in [-0.25, -0.2) is 0 Å². The number of benzene rings is 1. The van der Waals surface area contributed by atoms with E-state index in [1.165, 1.54) is 0 Å². The van der Waals surface area contributed by atoms with Crippen LogP contribution in [0.4, 0.5) is 0 Å². The molecule has 1 aliphatic heterocycles. The van der Waals surface area contributed by atoms with Gasteiger partial charge >= 0.3 is 0 Å². The third-order valence-corrected chi connectivity index (χ3v) is 3.21. The van der Waals surface area contributed by atoms with Gasteiger partial charge in [-0.05, 0) is 38.0 Å². The normalized spacial score (nSPS) is 23.4. The maximum Gasteiger partial charge on any atom is 0.258 e. The van der Waals surface area contributed by atoms with Crippen LogP contribution in [-0.2, 0) is 10.3 Å². The number of aromatic hydroxyl groups is 1. The van der Waals surface area contributed by atoms with E-state index in [2.05, 4.69) is 10.1 Å². The standard InChI is InChI=1S/C13H14N2O3/c1-13(6-3-7-17-13)12-14-11(18-15-12)9-4-2-5-10(16)8-9/h2,4-5,8,16H,3,6-7H2,1H3. The Labute approximate surface area is 104 Å². The van der Waals surface area contributed by atoms with Crippen molar-refractivity contribution in [3.63, 3.8) is 0 Å². The van der Waals surface area contributed by atoms with Crippen molar-refractivity contribution in [3.05, 3.63) is 30.1 Å². The van der Waals surface area contributed by atoms with Crippen molar-refractivity contribution in [3.8, 4) is 17.2 Å². The Kier molecular flexibility index (Phi) is 2.56. The van der Waals surface area contributed by atoms with Gasteiger partial charge in [-0.15, -0.1) is 0 Å². The lowest BCUT2D eigenvalue weighted by molar-refractivity contribution is 0.00768. The maximum atomic E-state index is 9.43. The van der Waals surface area contributed by atoms with E-state index in [-0.39, 0.29) is 5.75 Å². The zero-order valence-corrected chi connectivity index (χ0v) is 10.1. The Balaban J connectivity index is 1.94. The smallest absolute Gasteiger partial charge is 0.258 e. The van der Waals surface area contributed by atoms with Gasteiger partial charge in [-0.3, -0.25) is 0 Å². The minimum absolute atomic E-state index is 0.176. The maximum absolute atomic E-state index is 9.43. The molecular formula is C13H14N2O3. The van der Waals surface area contributed by atoms with E-state index < -0.39 is 5.60 Å². The summed E-state index contributed by atoms with van der Waals surface area (Å²) < 4.78 is 10.9. The number of aromatic nitrogens is 2. The molecule has 0 aliphatic carbocycles. The molecule has 5 nitrogen and oxygen atoms in total. The fraction of sp³-hybridized carbons (Fsp3) is 0.385. The lowest BCUT2D eigenvalue weighted by atomic mass is 10.0. The van der Waals surface area contributed by atoms with E-state index in [4.69, 9.17) is 9.26 Å².